The summed E-state index contributed by atoms with van der Waals surface area (Å²) in [5.74, 6) is 0.524. The molecule has 2 N–H and O–H groups in total. The topological polar surface area (TPSA) is 95.4 Å². The predicted molar refractivity (Wildman–Crippen MR) is 117 cm³/mol. The van der Waals surface area contributed by atoms with Gasteiger partial charge in [0.05, 0.1) is 10.9 Å². The summed E-state index contributed by atoms with van der Waals surface area (Å²) in [6, 6.07) is 6.47. The van der Waals surface area contributed by atoms with Crippen LogP contribution in [0.15, 0.2) is 35.4 Å². The highest BCUT2D eigenvalue weighted by molar-refractivity contribution is 7.85. The first-order chi connectivity index (χ1) is 13.8. The maximum atomic E-state index is 11.7. The van der Waals surface area contributed by atoms with Gasteiger partial charge in [0.15, 0.2) is 0 Å². The Bertz CT molecular complexity index is 895. The Labute approximate surface area is 174 Å². The lowest BCUT2D eigenvalue weighted by Gasteiger charge is -2.29. The molecule has 0 radical (unpaired) electrons. The van der Waals surface area contributed by atoms with Crippen molar-refractivity contribution >= 4 is 21.8 Å². The molecule has 29 heavy (non-hydrogen) atoms. The number of nitrogens with zero attached hydrogens (tertiary/aromatic N) is 3. The van der Waals surface area contributed by atoms with E-state index in [0.29, 0.717) is 5.95 Å². The van der Waals surface area contributed by atoms with Gasteiger partial charge in [-0.25, -0.2) is 9.97 Å². The Hall–Kier alpha value is -2.19. The minimum atomic E-state index is -4.28. The summed E-state index contributed by atoms with van der Waals surface area (Å²) in [5.41, 5.74) is 2.62. The summed E-state index contributed by atoms with van der Waals surface area (Å²) >= 11 is 0. The molecule has 7 nitrogen and oxygen atoms in total. The van der Waals surface area contributed by atoms with E-state index in [1.807, 2.05) is 19.9 Å². The lowest BCUT2D eigenvalue weighted by Crippen LogP contribution is -2.28. The maximum absolute atomic E-state index is 11.7. The third-order valence-electron chi connectivity index (χ3n) is 4.81. The lowest BCUT2D eigenvalue weighted by molar-refractivity contribution is 0.483. The normalized spacial score (nSPS) is 12.6. The molecular weight excluding hydrogens is 388 g/mol. The first-order valence-corrected chi connectivity index (χ1v) is 11.6. The summed E-state index contributed by atoms with van der Waals surface area (Å²) in [4.78, 5) is 10.8. The van der Waals surface area contributed by atoms with Gasteiger partial charge < -0.3 is 10.2 Å². The fourth-order valence-corrected chi connectivity index (χ4v) is 3.67. The molecule has 0 spiro atoms. The molecule has 2 aromatic rings. The molecule has 0 saturated carbocycles. The van der Waals surface area contributed by atoms with Crippen molar-refractivity contribution in [2.45, 2.75) is 64.3 Å². The largest absolute Gasteiger partial charge is 0.371 e. The average Bonchev–Trinajstić information content (AvgIpc) is 2.67. The second-order valence-electron chi connectivity index (χ2n) is 7.28. The number of benzene rings is 1. The van der Waals surface area contributed by atoms with E-state index in [2.05, 4.69) is 34.0 Å². The fraction of sp³-hybridized carbons (Fsp3) is 0.524. The Kier molecular flexibility index (Phi) is 8.40. The number of aromatic nitrogens is 2. The van der Waals surface area contributed by atoms with Crippen LogP contribution in [0.1, 0.15) is 63.8 Å². The SMILES string of the molecule is CCCCN(CCCC)c1cc(S(=O)(=O)O)ccc1C(C)Nc1nccc(C)n1. The molecule has 160 valence electrons. The molecule has 1 atom stereocenters. The van der Waals surface area contributed by atoms with Gasteiger partial charge in [0.1, 0.15) is 0 Å². The molecule has 2 rings (SSSR count). The van der Waals surface area contributed by atoms with Crippen LogP contribution in [0.25, 0.3) is 0 Å². The Morgan fingerprint density at radius 3 is 2.34 bits per heavy atom. The van der Waals surface area contributed by atoms with Gasteiger partial charge in [-0.1, -0.05) is 32.8 Å². The van der Waals surface area contributed by atoms with Crippen LogP contribution in [0, 0.1) is 6.92 Å². The van der Waals surface area contributed by atoms with Crippen molar-refractivity contribution in [1.82, 2.24) is 9.97 Å². The van der Waals surface area contributed by atoms with Crippen molar-refractivity contribution in [2.24, 2.45) is 0 Å². The second-order valence-corrected chi connectivity index (χ2v) is 8.70. The molecule has 0 aliphatic heterocycles. The van der Waals surface area contributed by atoms with Crippen LogP contribution in [0.4, 0.5) is 11.6 Å². The van der Waals surface area contributed by atoms with Crippen molar-refractivity contribution in [3.8, 4) is 0 Å². The van der Waals surface area contributed by atoms with Crippen molar-refractivity contribution < 1.29 is 13.0 Å². The van der Waals surface area contributed by atoms with Crippen LogP contribution in [0.3, 0.4) is 0 Å². The Balaban J connectivity index is 2.45. The second kappa shape index (κ2) is 10.5. The van der Waals surface area contributed by atoms with Crippen LogP contribution >= 0.6 is 0 Å². The van der Waals surface area contributed by atoms with Gasteiger partial charge in [0, 0.05) is 30.7 Å². The van der Waals surface area contributed by atoms with Gasteiger partial charge in [0.2, 0.25) is 5.95 Å². The summed E-state index contributed by atoms with van der Waals surface area (Å²) in [5, 5.41) is 3.30. The summed E-state index contributed by atoms with van der Waals surface area (Å²) in [6.45, 7) is 9.81. The standard InChI is InChI=1S/C21H32N4O3S/c1-5-7-13-25(14-8-6-2)20-15-18(29(26,27)28)9-10-19(20)17(4)24-21-22-12-11-16(3)23-21/h9-12,15,17H,5-8,13-14H2,1-4H3,(H,22,23,24)(H,26,27,28). The molecule has 1 heterocycles. The van der Waals surface area contributed by atoms with Crippen LogP contribution in [-0.4, -0.2) is 36.0 Å². The molecule has 0 bridgehead atoms. The maximum Gasteiger partial charge on any atom is 0.294 e. The van der Waals surface area contributed by atoms with Crippen LogP contribution in [0.2, 0.25) is 0 Å². The van der Waals surface area contributed by atoms with Gasteiger partial charge in [-0.15, -0.1) is 0 Å². The molecule has 1 unspecified atom stereocenters. The number of aryl methyl sites for hydroxylation is 1. The van der Waals surface area contributed by atoms with E-state index >= 15 is 0 Å². The highest BCUT2D eigenvalue weighted by atomic mass is 32.2. The van der Waals surface area contributed by atoms with Gasteiger partial charge in [0.25, 0.3) is 10.1 Å². The zero-order chi connectivity index (χ0) is 21.4. The van der Waals surface area contributed by atoms with Gasteiger partial charge in [-0.2, -0.15) is 8.42 Å². The lowest BCUT2D eigenvalue weighted by atomic mass is 10.0. The fourth-order valence-electron chi connectivity index (χ4n) is 3.16. The zero-order valence-corrected chi connectivity index (χ0v) is 18.5. The monoisotopic (exact) mass is 420 g/mol. The van der Waals surface area contributed by atoms with Crippen molar-refractivity contribution in [2.75, 3.05) is 23.3 Å². The predicted octanol–water partition coefficient (Wildman–Crippen LogP) is 4.61. The van der Waals surface area contributed by atoms with Gasteiger partial charge in [-0.3, -0.25) is 4.55 Å². The molecule has 8 heteroatoms. The van der Waals surface area contributed by atoms with Crippen LogP contribution in [-0.2, 0) is 10.1 Å². The molecule has 1 aromatic heterocycles. The summed E-state index contributed by atoms with van der Waals surface area (Å²) in [6.07, 6.45) is 5.79. The highest BCUT2D eigenvalue weighted by Gasteiger charge is 2.20. The van der Waals surface area contributed by atoms with Crippen molar-refractivity contribution in [3.05, 3.63) is 41.7 Å². The third kappa shape index (κ3) is 6.68. The van der Waals surface area contributed by atoms with Crippen LogP contribution in [0.5, 0.6) is 0 Å². The minimum absolute atomic E-state index is 0.0896. The molecular formula is C21H32N4O3S. The average molecular weight is 421 g/mol. The first kappa shape index (κ1) is 23.1. The van der Waals surface area contributed by atoms with E-state index in [1.165, 1.54) is 6.07 Å². The van der Waals surface area contributed by atoms with Crippen molar-refractivity contribution in [1.29, 1.82) is 0 Å². The van der Waals surface area contributed by atoms with Gasteiger partial charge >= 0.3 is 0 Å². The van der Waals surface area contributed by atoms with E-state index in [1.54, 1.807) is 18.3 Å². The number of hydrogen-bond donors (Lipinski definition) is 2. The smallest absolute Gasteiger partial charge is 0.294 e. The molecule has 0 fully saturated rings. The summed E-state index contributed by atoms with van der Waals surface area (Å²) < 4.78 is 33.1. The molecule has 1 aromatic carbocycles. The Morgan fingerprint density at radius 1 is 1.14 bits per heavy atom. The Morgan fingerprint density at radius 2 is 1.79 bits per heavy atom. The number of nitrogens with one attached hydrogen (secondary N) is 1. The van der Waals surface area contributed by atoms with Gasteiger partial charge in [-0.05, 0) is 50.5 Å². The molecule has 0 aliphatic rings. The molecule has 0 aliphatic carbocycles. The van der Waals surface area contributed by atoms with E-state index in [9.17, 15) is 13.0 Å². The van der Waals surface area contributed by atoms with E-state index in [-0.39, 0.29) is 10.9 Å². The number of anilines is 2. The molecule has 0 amide bonds. The number of hydrogen-bond acceptors (Lipinski definition) is 6. The number of rotatable bonds is 11. The first-order valence-electron chi connectivity index (χ1n) is 10.2. The minimum Gasteiger partial charge on any atom is -0.371 e. The van der Waals surface area contributed by atoms with Crippen LogP contribution < -0.4 is 10.2 Å². The zero-order valence-electron chi connectivity index (χ0n) is 17.7. The quantitative estimate of drug-likeness (QED) is 0.512. The van der Waals surface area contributed by atoms with E-state index in [4.69, 9.17) is 0 Å². The van der Waals surface area contributed by atoms with E-state index in [0.717, 1.165) is 55.7 Å². The third-order valence-corrected chi connectivity index (χ3v) is 5.66. The summed E-state index contributed by atoms with van der Waals surface area (Å²) in [7, 11) is -4.28. The molecule has 0 saturated heterocycles. The van der Waals surface area contributed by atoms with E-state index < -0.39 is 10.1 Å². The van der Waals surface area contributed by atoms with Crippen molar-refractivity contribution in [3.63, 3.8) is 0 Å². The highest BCUT2D eigenvalue weighted by Crippen LogP contribution is 2.31. The number of unbranched alkanes of at least 4 members (excludes halogenated alkanes) is 2.